The number of carbonyl (C=O) groups is 1. The molecule has 1 heterocycles. The second kappa shape index (κ2) is 7.48. The van der Waals surface area contributed by atoms with Crippen molar-refractivity contribution in [2.24, 2.45) is 0 Å². The number of ether oxygens (including phenoxy) is 1. The summed E-state index contributed by atoms with van der Waals surface area (Å²) in [7, 11) is 1.33. The first-order valence-corrected chi connectivity index (χ1v) is 8.96. The number of aryl methyl sites for hydroxylation is 2. The van der Waals surface area contributed by atoms with E-state index in [1.807, 2.05) is 43.9 Å². The van der Waals surface area contributed by atoms with Crippen LogP contribution in [-0.4, -0.2) is 18.2 Å². The number of allylic oxidation sites excluding steroid dienone is 1. The lowest BCUT2D eigenvalue weighted by molar-refractivity contribution is -0.136. The molecule has 2 aromatic rings. The van der Waals surface area contributed by atoms with Crippen LogP contribution in [0.25, 0.3) is 0 Å². The first-order valence-electron chi connectivity index (χ1n) is 8.56. The number of esters is 1. The van der Waals surface area contributed by atoms with Crippen LogP contribution in [-0.2, 0) is 9.53 Å². The summed E-state index contributed by atoms with van der Waals surface area (Å²) in [6, 6.07) is 11.6. The highest BCUT2D eigenvalue weighted by atomic mass is 32.1. The van der Waals surface area contributed by atoms with E-state index in [-0.39, 0.29) is 5.82 Å². The van der Waals surface area contributed by atoms with Gasteiger partial charge in [0.15, 0.2) is 5.11 Å². The second-order valence-electron chi connectivity index (χ2n) is 6.55. The highest BCUT2D eigenvalue weighted by Crippen LogP contribution is 2.35. The Labute approximate surface area is 163 Å². The third-order valence-corrected chi connectivity index (χ3v) is 4.98. The first-order chi connectivity index (χ1) is 12.8. The van der Waals surface area contributed by atoms with E-state index in [0.29, 0.717) is 21.9 Å². The molecule has 6 heteroatoms. The van der Waals surface area contributed by atoms with E-state index < -0.39 is 12.0 Å². The van der Waals surface area contributed by atoms with E-state index in [1.54, 1.807) is 12.1 Å². The SMILES string of the molecule is COC(=O)C1=C(C)N(c2cc(C)ccc2C)C(=S)N[C@H]1c1cccc(F)c1. The minimum atomic E-state index is -0.581. The normalized spacial score (nSPS) is 17.0. The van der Waals surface area contributed by atoms with Crippen LogP contribution in [0.1, 0.15) is 29.7 Å². The van der Waals surface area contributed by atoms with Gasteiger partial charge in [-0.15, -0.1) is 0 Å². The number of anilines is 1. The predicted molar refractivity (Wildman–Crippen MR) is 108 cm³/mol. The Morgan fingerprint density at radius 3 is 2.59 bits per heavy atom. The molecular formula is C21H21FN2O2S. The average Bonchev–Trinajstić information content (AvgIpc) is 2.63. The minimum Gasteiger partial charge on any atom is -0.466 e. The Kier molecular flexibility index (Phi) is 5.28. The van der Waals surface area contributed by atoms with Crippen molar-refractivity contribution in [3.05, 3.63) is 76.2 Å². The van der Waals surface area contributed by atoms with Gasteiger partial charge < -0.3 is 10.1 Å². The van der Waals surface area contributed by atoms with Gasteiger partial charge in [0, 0.05) is 5.70 Å². The third kappa shape index (κ3) is 3.57. The van der Waals surface area contributed by atoms with Crippen molar-refractivity contribution >= 4 is 29.0 Å². The molecule has 140 valence electrons. The topological polar surface area (TPSA) is 41.6 Å². The predicted octanol–water partition coefficient (Wildman–Crippen LogP) is 4.33. The molecule has 0 bridgehead atoms. The Balaban J connectivity index is 2.19. The number of thiocarbonyl (C=S) groups is 1. The van der Waals surface area contributed by atoms with Crippen molar-refractivity contribution < 1.29 is 13.9 Å². The number of nitrogens with zero attached hydrogens (tertiary/aromatic N) is 1. The van der Waals surface area contributed by atoms with Gasteiger partial charge in [0.05, 0.1) is 24.4 Å². The Morgan fingerprint density at radius 2 is 1.93 bits per heavy atom. The highest BCUT2D eigenvalue weighted by molar-refractivity contribution is 7.80. The van der Waals surface area contributed by atoms with Crippen molar-refractivity contribution in [3.8, 4) is 0 Å². The summed E-state index contributed by atoms with van der Waals surface area (Å²) in [5.74, 6) is -0.855. The molecule has 1 N–H and O–H groups in total. The molecule has 1 atom stereocenters. The van der Waals surface area contributed by atoms with Gasteiger partial charge in [-0.2, -0.15) is 0 Å². The average molecular weight is 384 g/mol. The van der Waals surface area contributed by atoms with Crippen LogP contribution in [0.4, 0.5) is 10.1 Å². The van der Waals surface area contributed by atoms with E-state index in [2.05, 4.69) is 5.32 Å². The fourth-order valence-corrected chi connectivity index (χ4v) is 3.66. The molecule has 1 aliphatic heterocycles. The molecule has 1 aliphatic rings. The highest BCUT2D eigenvalue weighted by Gasteiger charge is 2.35. The molecule has 0 spiro atoms. The summed E-state index contributed by atoms with van der Waals surface area (Å²) in [5, 5.41) is 3.63. The molecule has 0 radical (unpaired) electrons. The van der Waals surface area contributed by atoms with Gasteiger partial charge in [-0.05, 0) is 67.9 Å². The van der Waals surface area contributed by atoms with Gasteiger partial charge in [0.25, 0.3) is 0 Å². The second-order valence-corrected chi connectivity index (χ2v) is 6.94. The molecule has 27 heavy (non-hydrogen) atoms. The maximum absolute atomic E-state index is 13.8. The van der Waals surface area contributed by atoms with Gasteiger partial charge in [-0.25, -0.2) is 9.18 Å². The Bertz CT molecular complexity index is 955. The number of carbonyl (C=O) groups excluding carboxylic acids is 1. The maximum atomic E-state index is 13.8. The van der Waals surface area contributed by atoms with Gasteiger partial charge >= 0.3 is 5.97 Å². The van der Waals surface area contributed by atoms with Crippen molar-refractivity contribution in [1.82, 2.24) is 5.32 Å². The lowest BCUT2D eigenvalue weighted by Crippen LogP contribution is -2.48. The quantitative estimate of drug-likeness (QED) is 0.630. The number of hydrogen-bond acceptors (Lipinski definition) is 3. The van der Waals surface area contributed by atoms with Crippen LogP contribution in [0.3, 0.4) is 0 Å². The molecular weight excluding hydrogens is 363 g/mol. The largest absolute Gasteiger partial charge is 0.466 e. The van der Waals surface area contributed by atoms with Crippen LogP contribution in [0.5, 0.6) is 0 Å². The number of halogens is 1. The zero-order valence-corrected chi connectivity index (χ0v) is 16.5. The fourth-order valence-electron chi connectivity index (χ4n) is 3.30. The molecule has 3 rings (SSSR count). The lowest BCUT2D eigenvalue weighted by atomic mass is 9.94. The van der Waals surface area contributed by atoms with Gasteiger partial charge in [0.1, 0.15) is 5.82 Å². The smallest absolute Gasteiger partial charge is 0.337 e. The van der Waals surface area contributed by atoms with Gasteiger partial charge in [0.2, 0.25) is 0 Å². The molecule has 4 nitrogen and oxygen atoms in total. The third-order valence-electron chi connectivity index (χ3n) is 4.68. The van der Waals surface area contributed by atoms with Crippen molar-refractivity contribution in [3.63, 3.8) is 0 Å². The van der Waals surface area contributed by atoms with E-state index in [9.17, 15) is 9.18 Å². The summed E-state index contributed by atoms with van der Waals surface area (Å²) >= 11 is 5.61. The van der Waals surface area contributed by atoms with E-state index in [4.69, 9.17) is 17.0 Å². The summed E-state index contributed by atoms with van der Waals surface area (Å²) < 4.78 is 18.8. The van der Waals surface area contributed by atoms with E-state index in [1.165, 1.54) is 19.2 Å². The summed E-state index contributed by atoms with van der Waals surface area (Å²) in [5.41, 5.74) is 4.67. The zero-order valence-electron chi connectivity index (χ0n) is 15.7. The monoisotopic (exact) mass is 384 g/mol. The van der Waals surface area contributed by atoms with Crippen molar-refractivity contribution in [2.45, 2.75) is 26.8 Å². The standard InChI is InChI=1S/C21H21FN2O2S/c1-12-8-9-13(2)17(10-12)24-14(3)18(20(25)26-4)19(23-21(24)27)15-6-5-7-16(22)11-15/h5-11,19H,1-4H3,(H,23,27)/t19-/m0/s1. The molecule has 2 aromatic carbocycles. The summed E-state index contributed by atoms with van der Waals surface area (Å²) in [6.07, 6.45) is 0. The van der Waals surface area contributed by atoms with Crippen LogP contribution in [0.15, 0.2) is 53.7 Å². The zero-order chi connectivity index (χ0) is 19.7. The van der Waals surface area contributed by atoms with Gasteiger partial charge in [-0.1, -0.05) is 24.3 Å². The fraction of sp³-hybridized carbons (Fsp3) is 0.238. The molecule has 0 saturated heterocycles. The Morgan fingerprint density at radius 1 is 1.19 bits per heavy atom. The summed E-state index contributed by atoms with van der Waals surface area (Å²) in [6.45, 7) is 5.81. The number of methoxy groups -OCH3 is 1. The number of benzene rings is 2. The minimum absolute atomic E-state index is 0.376. The Hall–Kier alpha value is -2.73. The molecule has 0 unspecified atom stereocenters. The molecule has 0 saturated carbocycles. The van der Waals surface area contributed by atoms with Crippen LogP contribution in [0.2, 0.25) is 0 Å². The van der Waals surface area contributed by atoms with E-state index >= 15 is 0 Å². The van der Waals surface area contributed by atoms with Gasteiger partial charge in [-0.3, -0.25) is 4.90 Å². The molecule has 0 amide bonds. The summed E-state index contributed by atoms with van der Waals surface area (Å²) in [4.78, 5) is 14.4. The van der Waals surface area contributed by atoms with Crippen molar-refractivity contribution in [2.75, 3.05) is 12.0 Å². The van der Waals surface area contributed by atoms with E-state index in [0.717, 1.165) is 16.8 Å². The number of nitrogens with one attached hydrogen (secondary N) is 1. The van der Waals surface area contributed by atoms with Crippen molar-refractivity contribution in [1.29, 1.82) is 0 Å². The molecule has 0 fully saturated rings. The molecule has 0 aromatic heterocycles. The number of rotatable bonds is 3. The lowest BCUT2D eigenvalue weighted by Gasteiger charge is -2.38. The van der Waals surface area contributed by atoms with Crippen LogP contribution >= 0.6 is 12.2 Å². The number of hydrogen-bond donors (Lipinski definition) is 1. The van der Waals surface area contributed by atoms with Crippen LogP contribution in [0, 0.1) is 19.7 Å². The first kappa shape index (κ1) is 19.0. The van der Waals surface area contributed by atoms with Crippen LogP contribution < -0.4 is 10.2 Å². The maximum Gasteiger partial charge on any atom is 0.337 e. The molecule has 0 aliphatic carbocycles.